The van der Waals surface area contributed by atoms with E-state index in [0.717, 1.165) is 17.8 Å². The summed E-state index contributed by atoms with van der Waals surface area (Å²) in [6.07, 6.45) is 1.65. The second-order valence-electron chi connectivity index (χ2n) is 4.59. The molecule has 0 unspecified atom stereocenters. The molecule has 3 heterocycles. The summed E-state index contributed by atoms with van der Waals surface area (Å²) in [5, 5.41) is 15.3. The Balaban J connectivity index is 0.00000144. The van der Waals surface area contributed by atoms with Crippen LogP contribution in [0.5, 0.6) is 0 Å². The number of aromatic nitrogens is 6. The van der Waals surface area contributed by atoms with Gasteiger partial charge >= 0.3 is 56.9 Å². The number of nitrogens with zero attached hydrogens (tertiary/aromatic N) is 5. The van der Waals surface area contributed by atoms with Crippen LogP contribution in [-0.4, -0.2) is 30.0 Å². The molecule has 104 valence electrons. The largest absolute Gasteiger partial charge is 1.00 e. The third-order valence-corrected chi connectivity index (χ3v) is 4.17. The van der Waals surface area contributed by atoms with Gasteiger partial charge in [0.05, 0.1) is 0 Å². The fraction of sp³-hybridized carbons (Fsp3) is 0.154. The van der Waals surface area contributed by atoms with E-state index in [0.29, 0.717) is 10.6 Å². The molecule has 0 aliphatic heterocycles. The van der Waals surface area contributed by atoms with Gasteiger partial charge in [0.1, 0.15) is 5.01 Å². The molecule has 4 rings (SSSR count). The number of hydrogen-bond acceptors (Lipinski definition) is 6. The van der Waals surface area contributed by atoms with Crippen molar-refractivity contribution in [1.82, 2.24) is 30.0 Å². The number of rotatable bonds is 3. The van der Waals surface area contributed by atoms with E-state index < -0.39 is 0 Å². The summed E-state index contributed by atoms with van der Waals surface area (Å²) in [6.45, 7) is 0. The molecule has 0 fully saturated rings. The predicted molar refractivity (Wildman–Crippen MR) is 78.4 cm³/mol. The van der Waals surface area contributed by atoms with Crippen LogP contribution in [0.2, 0.25) is 0 Å². The van der Waals surface area contributed by atoms with Gasteiger partial charge in [0.25, 0.3) is 0 Å². The van der Waals surface area contributed by atoms with Crippen LogP contribution >= 0.6 is 11.3 Å². The number of aryl methyl sites for hydroxylation is 2. The zero-order valence-corrected chi connectivity index (χ0v) is 15.8. The summed E-state index contributed by atoms with van der Waals surface area (Å²) in [5.74, 6) is 0. The molecule has 7 nitrogen and oxygen atoms in total. The Hall–Kier alpha value is -0.974. The molecule has 0 saturated carbocycles. The van der Waals surface area contributed by atoms with Gasteiger partial charge in [-0.15, -0.1) is 10.2 Å². The van der Waals surface area contributed by atoms with E-state index in [1.54, 1.807) is 0 Å². The van der Waals surface area contributed by atoms with Crippen molar-refractivity contribution >= 4 is 27.5 Å². The average molecular weight is 337 g/mol. The minimum absolute atomic E-state index is 0. The SMILES string of the molecule is O=c1c2n[nH]nc2nc2sc(CCc3ccccc3)nn12.[K+]. The van der Waals surface area contributed by atoms with Crippen LogP contribution in [0.4, 0.5) is 0 Å². The first-order valence-electron chi connectivity index (χ1n) is 6.44. The second-order valence-corrected chi connectivity index (χ2v) is 5.63. The van der Waals surface area contributed by atoms with E-state index in [1.807, 2.05) is 18.2 Å². The third kappa shape index (κ3) is 2.92. The van der Waals surface area contributed by atoms with Crippen molar-refractivity contribution < 1.29 is 51.4 Å². The fourth-order valence-corrected chi connectivity index (χ4v) is 3.04. The monoisotopic (exact) mass is 337 g/mol. The summed E-state index contributed by atoms with van der Waals surface area (Å²) in [5.41, 5.74) is 1.50. The molecular formula is C13H10KN6OS+. The average Bonchev–Trinajstić information content (AvgIpc) is 3.13. The molecule has 22 heavy (non-hydrogen) atoms. The predicted octanol–water partition coefficient (Wildman–Crippen LogP) is -1.79. The van der Waals surface area contributed by atoms with Crippen molar-refractivity contribution in [2.45, 2.75) is 12.8 Å². The molecule has 4 aromatic rings. The summed E-state index contributed by atoms with van der Waals surface area (Å²) < 4.78 is 1.30. The molecule has 1 N–H and O–H groups in total. The summed E-state index contributed by atoms with van der Waals surface area (Å²) in [6, 6.07) is 10.2. The van der Waals surface area contributed by atoms with E-state index in [-0.39, 0.29) is 62.5 Å². The number of fused-ring (bicyclic) bond motifs is 2. The molecular weight excluding hydrogens is 327 g/mol. The maximum atomic E-state index is 12.2. The van der Waals surface area contributed by atoms with Gasteiger partial charge < -0.3 is 0 Å². The maximum Gasteiger partial charge on any atom is 1.00 e. The minimum atomic E-state index is -0.286. The Morgan fingerprint density at radius 2 is 1.95 bits per heavy atom. The van der Waals surface area contributed by atoms with E-state index in [4.69, 9.17) is 0 Å². The van der Waals surface area contributed by atoms with Crippen LogP contribution in [0.25, 0.3) is 16.1 Å². The molecule has 0 amide bonds. The van der Waals surface area contributed by atoms with Gasteiger partial charge in [0.2, 0.25) is 10.6 Å². The van der Waals surface area contributed by atoms with Crippen LogP contribution in [0.1, 0.15) is 10.6 Å². The fourth-order valence-electron chi connectivity index (χ4n) is 2.16. The van der Waals surface area contributed by atoms with Crippen molar-refractivity contribution in [2.75, 3.05) is 0 Å². The Morgan fingerprint density at radius 3 is 2.77 bits per heavy atom. The summed E-state index contributed by atoms with van der Waals surface area (Å²) in [7, 11) is 0. The Kier molecular flexibility index (Phi) is 4.80. The first-order valence-corrected chi connectivity index (χ1v) is 7.26. The second kappa shape index (κ2) is 6.65. The molecule has 0 aliphatic rings. The van der Waals surface area contributed by atoms with E-state index in [2.05, 4.69) is 37.6 Å². The maximum absolute atomic E-state index is 12.2. The van der Waals surface area contributed by atoms with Gasteiger partial charge in [-0.25, -0.2) is 0 Å². The van der Waals surface area contributed by atoms with Crippen molar-refractivity contribution in [2.24, 2.45) is 0 Å². The van der Waals surface area contributed by atoms with Crippen molar-refractivity contribution in [3.05, 3.63) is 51.3 Å². The number of hydrogen-bond donors (Lipinski definition) is 1. The van der Waals surface area contributed by atoms with Crippen molar-refractivity contribution in [1.29, 1.82) is 0 Å². The summed E-state index contributed by atoms with van der Waals surface area (Å²) in [4.78, 5) is 17.0. The molecule has 0 spiro atoms. The molecule has 0 bridgehead atoms. The Morgan fingerprint density at radius 1 is 1.14 bits per heavy atom. The molecule has 0 radical (unpaired) electrons. The van der Waals surface area contributed by atoms with Crippen LogP contribution in [0.15, 0.2) is 35.1 Å². The van der Waals surface area contributed by atoms with Gasteiger partial charge in [0, 0.05) is 6.42 Å². The Labute approximate surface area is 171 Å². The smallest absolute Gasteiger partial charge is 0.265 e. The van der Waals surface area contributed by atoms with Gasteiger partial charge in [0.15, 0.2) is 5.52 Å². The van der Waals surface area contributed by atoms with Crippen LogP contribution < -0.4 is 56.9 Å². The Bertz CT molecular complexity index is 976. The number of H-pyrrole nitrogens is 1. The quantitative estimate of drug-likeness (QED) is 0.446. The first-order chi connectivity index (χ1) is 10.3. The number of benzene rings is 1. The van der Waals surface area contributed by atoms with E-state index >= 15 is 0 Å². The molecule has 1 aromatic carbocycles. The third-order valence-electron chi connectivity index (χ3n) is 3.20. The molecule has 9 heteroatoms. The van der Waals surface area contributed by atoms with Crippen LogP contribution in [0.3, 0.4) is 0 Å². The van der Waals surface area contributed by atoms with Gasteiger partial charge in [-0.1, -0.05) is 41.7 Å². The standard InChI is InChI=1S/C13H10N6OS.K/c20-12-10-11(16-18-15-10)14-13-19(12)17-9(21-13)7-6-8-4-2-1-3-5-8;/h1-5H,6-7H2,(H,15,16,18);/q;+1. The first kappa shape index (κ1) is 15.9. The molecule has 0 aliphatic carbocycles. The molecule has 0 saturated heterocycles. The summed E-state index contributed by atoms with van der Waals surface area (Å²) >= 11 is 1.41. The van der Waals surface area contributed by atoms with E-state index in [9.17, 15) is 4.79 Å². The van der Waals surface area contributed by atoms with Crippen LogP contribution in [0, 0.1) is 0 Å². The van der Waals surface area contributed by atoms with Gasteiger partial charge in [-0.2, -0.15) is 19.8 Å². The van der Waals surface area contributed by atoms with Gasteiger partial charge in [-0.3, -0.25) is 4.79 Å². The molecule has 0 atom stereocenters. The topological polar surface area (TPSA) is 88.8 Å². The normalized spacial score (nSPS) is 10.9. The van der Waals surface area contributed by atoms with Crippen LogP contribution in [-0.2, 0) is 12.8 Å². The van der Waals surface area contributed by atoms with Crippen molar-refractivity contribution in [3.63, 3.8) is 0 Å². The van der Waals surface area contributed by atoms with Crippen molar-refractivity contribution in [3.8, 4) is 0 Å². The van der Waals surface area contributed by atoms with E-state index in [1.165, 1.54) is 21.4 Å². The minimum Gasteiger partial charge on any atom is -0.265 e. The zero-order chi connectivity index (χ0) is 14.2. The number of aromatic amines is 1. The molecule has 3 aromatic heterocycles. The number of nitrogens with one attached hydrogen (secondary N) is 1. The zero-order valence-electron chi connectivity index (χ0n) is 11.9. The van der Waals surface area contributed by atoms with Gasteiger partial charge in [-0.05, 0) is 12.0 Å².